The number of aromatic nitrogens is 2. The monoisotopic (exact) mass is 545 g/mol. The van der Waals surface area contributed by atoms with Crippen LogP contribution in [0.2, 0.25) is 10.0 Å². The fourth-order valence-electron chi connectivity index (χ4n) is 3.03. The second-order valence-electron chi connectivity index (χ2n) is 7.21. The molecule has 0 bridgehead atoms. The van der Waals surface area contributed by atoms with E-state index in [-0.39, 0.29) is 19.1 Å². The van der Waals surface area contributed by atoms with E-state index in [4.69, 9.17) is 32.7 Å². The number of halogens is 2. The van der Waals surface area contributed by atoms with Gasteiger partial charge >= 0.3 is 0 Å². The molecule has 10 heteroatoms. The first kappa shape index (κ1) is 25.3. The van der Waals surface area contributed by atoms with Gasteiger partial charge in [0.05, 0.1) is 0 Å². The van der Waals surface area contributed by atoms with Crippen molar-refractivity contribution in [1.82, 2.24) is 10.2 Å². The third-order valence-electron chi connectivity index (χ3n) is 4.74. The van der Waals surface area contributed by atoms with E-state index in [0.717, 1.165) is 21.2 Å². The van der Waals surface area contributed by atoms with Crippen LogP contribution in [0.5, 0.6) is 11.5 Å². The average molecular weight is 547 g/mol. The number of thioether (sulfide) groups is 1. The third kappa shape index (κ3) is 7.11. The molecule has 0 atom stereocenters. The fraction of sp³-hybridized carbons (Fsp3) is 0.160. The molecule has 0 saturated carbocycles. The van der Waals surface area contributed by atoms with E-state index in [2.05, 4.69) is 15.5 Å². The quantitative estimate of drug-likeness (QED) is 0.165. The number of nitrogens with one attached hydrogen (secondary N) is 1. The summed E-state index contributed by atoms with van der Waals surface area (Å²) in [6, 6.07) is 19.9. The highest BCUT2D eigenvalue weighted by atomic mass is 35.5. The number of hydrogen-bond donors (Lipinski definition) is 1. The first-order valence-corrected chi connectivity index (χ1v) is 13.2. The summed E-state index contributed by atoms with van der Waals surface area (Å²) in [4.78, 5) is 13.0. The topological polar surface area (TPSA) is 73.3 Å². The zero-order chi connectivity index (χ0) is 24.6. The van der Waals surface area contributed by atoms with E-state index in [1.165, 1.54) is 11.3 Å². The molecular formula is C25H21Cl2N3O3S2. The normalized spacial score (nSPS) is 10.7. The molecular weight excluding hydrogens is 525 g/mol. The first-order chi connectivity index (χ1) is 17.0. The molecule has 1 aromatic heterocycles. The van der Waals surface area contributed by atoms with Gasteiger partial charge in [-0.05, 0) is 30.0 Å². The maximum absolute atomic E-state index is 13.0. The summed E-state index contributed by atoms with van der Waals surface area (Å²) in [5, 5.41) is 12.5. The van der Waals surface area contributed by atoms with Crippen molar-refractivity contribution >= 4 is 57.3 Å². The Kier molecular flexibility index (Phi) is 8.87. The van der Waals surface area contributed by atoms with Crippen LogP contribution < -0.4 is 14.8 Å². The van der Waals surface area contributed by atoms with Gasteiger partial charge in [-0.1, -0.05) is 89.6 Å². The summed E-state index contributed by atoms with van der Waals surface area (Å²) in [5.41, 5.74) is 2.02. The van der Waals surface area contributed by atoms with Crippen molar-refractivity contribution in [1.29, 1.82) is 0 Å². The summed E-state index contributed by atoms with van der Waals surface area (Å²) < 4.78 is 12.7. The van der Waals surface area contributed by atoms with Gasteiger partial charge in [-0.25, -0.2) is 0 Å². The number of nitrogens with zero attached hydrogens (tertiary/aromatic N) is 2. The lowest BCUT2D eigenvalue weighted by atomic mass is 10.2. The lowest BCUT2D eigenvalue weighted by Gasteiger charge is -2.13. The van der Waals surface area contributed by atoms with E-state index in [9.17, 15) is 4.79 Å². The van der Waals surface area contributed by atoms with Crippen LogP contribution in [-0.2, 0) is 13.2 Å². The molecule has 35 heavy (non-hydrogen) atoms. The number of carbonyl (C=O) groups excluding carboxylic acids is 1. The Hall–Kier alpha value is -2.78. The largest absolute Gasteiger partial charge is 0.489 e. The predicted molar refractivity (Wildman–Crippen MR) is 142 cm³/mol. The Bertz CT molecular complexity index is 1250. The van der Waals surface area contributed by atoms with Gasteiger partial charge in [0.25, 0.3) is 5.91 Å². The third-order valence-corrected chi connectivity index (χ3v) is 7.33. The second-order valence-corrected chi connectivity index (χ2v) is 10.5. The molecule has 0 unspecified atom stereocenters. The molecule has 0 radical (unpaired) electrons. The molecule has 180 valence electrons. The van der Waals surface area contributed by atoms with Gasteiger partial charge in [-0.3, -0.25) is 10.1 Å². The highest BCUT2D eigenvalue weighted by molar-refractivity contribution is 8.01. The van der Waals surface area contributed by atoms with Gasteiger partial charge in [-0.2, -0.15) is 0 Å². The summed E-state index contributed by atoms with van der Waals surface area (Å²) in [5.74, 6) is 1.46. The molecule has 3 aromatic carbocycles. The highest BCUT2D eigenvalue weighted by Gasteiger charge is 2.14. The average Bonchev–Trinajstić information content (AvgIpc) is 3.30. The van der Waals surface area contributed by atoms with Gasteiger partial charge in [0.15, 0.2) is 4.34 Å². The zero-order valence-electron chi connectivity index (χ0n) is 18.7. The van der Waals surface area contributed by atoms with Gasteiger partial charge in [-0.15, -0.1) is 10.2 Å². The molecule has 4 aromatic rings. The second kappa shape index (κ2) is 12.3. The number of benzene rings is 3. The Morgan fingerprint density at radius 3 is 2.03 bits per heavy atom. The van der Waals surface area contributed by atoms with Crippen LogP contribution in [-0.4, -0.2) is 21.9 Å². The van der Waals surface area contributed by atoms with Crippen molar-refractivity contribution in [2.24, 2.45) is 0 Å². The van der Waals surface area contributed by atoms with Crippen LogP contribution in [0.3, 0.4) is 0 Å². The molecule has 0 aliphatic heterocycles. The van der Waals surface area contributed by atoms with Crippen LogP contribution in [0.25, 0.3) is 0 Å². The van der Waals surface area contributed by atoms with Gasteiger partial charge < -0.3 is 9.47 Å². The molecule has 0 spiro atoms. The van der Waals surface area contributed by atoms with E-state index in [0.29, 0.717) is 32.2 Å². The minimum atomic E-state index is -0.347. The number of ether oxygens (including phenoxy) is 2. The van der Waals surface area contributed by atoms with Crippen molar-refractivity contribution in [3.63, 3.8) is 0 Å². The van der Waals surface area contributed by atoms with Gasteiger partial charge in [0.2, 0.25) is 5.13 Å². The minimum absolute atomic E-state index is 0.239. The lowest BCUT2D eigenvalue weighted by Crippen LogP contribution is -2.12. The predicted octanol–water partition coefficient (Wildman–Crippen LogP) is 7.37. The molecule has 4 rings (SSSR count). The summed E-state index contributed by atoms with van der Waals surface area (Å²) >= 11 is 15.4. The maximum atomic E-state index is 13.0. The van der Waals surface area contributed by atoms with E-state index in [1.54, 1.807) is 42.1 Å². The van der Waals surface area contributed by atoms with Gasteiger partial charge in [0, 0.05) is 32.8 Å². The number of anilines is 1. The SMILES string of the molecule is CCSc1nnc(NC(=O)c2cc(OCc3ccccc3Cl)cc(OCc3ccccc3Cl)c2)s1. The van der Waals surface area contributed by atoms with Crippen LogP contribution in [0, 0.1) is 0 Å². The van der Waals surface area contributed by atoms with Crippen LogP contribution in [0.15, 0.2) is 71.1 Å². The molecule has 1 amide bonds. The first-order valence-electron chi connectivity index (χ1n) is 10.7. The lowest BCUT2D eigenvalue weighted by molar-refractivity contribution is 0.102. The Balaban J connectivity index is 1.55. The zero-order valence-corrected chi connectivity index (χ0v) is 21.8. The smallest absolute Gasteiger partial charge is 0.257 e. The van der Waals surface area contributed by atoms with Crippen molar-refractivity contribution in [2.75, 3.05) is 11.1 Å². The number of carbonyl (C=O) groups is 1. The number of amides is 1. The molecule has 1 heterocycles. The maximum Gasteiger partial charge on any atom is 0.257 e. The van der Waals surface area contributed by atoms with Crippen molar-refractivity contribution in [3.8, 4) is 11.5 Å². The highest BCUT2D eigenvalue weighted by Crippen LogP contribution is 2.29. The van der Waals surface area contributed by atoms with E-state index in [1.807, 2.05) is 43.3 Å². The standard InChI is InChI=1S/C25H21Cl2N3O3S2/c1-2-34-25-30-29-24(35-25)28-23(31)18-11-19(32-14-16-7-3-5-9-21(16)26)13-20(12-18)33-15-17-8-4-6-10-22(17)27/h3-13H,2,14-15H2,1H3,(H,28,29,31). The molecule has 1 N–H and O–H groups in total. The van der Waals surface area contributed by atoms with Crippen molar-refractivity contribution in [2.45, 2.75) is 24.5 Å². The minimum Gasteiger partial charge on any atom is -0.489 e. The Morgan fingerprint density at radius 2 is 1.49 bits per heavy atom. The van der Waals surface area contributed by atoms with E-state index < -0.39 is 0 Å². The number of rotatable bonds is 10. The molecule has 0 aliphatic carbocycles. The van der Waals surface area contributed by atoms with E-state index >= 15 is 0 Å². The Morgan fingerprint density at radius 1 is 0.914 bits per heavy atom. The fourth-order valence-corrected chi connectivity index (χ4v) is 5.06. The summed E-state index contributed by atoms with van der Waals surface area (Å²) in [6.07, 6.45) is 0. The van der Waals surface area contributed by atoms with Crippen molar-refractivity contribution in [3.05, 3.63) is 93.5 Å². The molecule has 0 aliphatic rings. The molecule has 0 saturated heterocycles. The van der Waals surface area contributed by atoms with Crippen LogP contribution in [0.4, 0.5) is 5.13 Å². The van der Waals surface area contributed by atoms with Crippen LogP contribution >= 0.6 is 46.3 Å². The molecule has 0 fully saturated rings. The van der Waals surface area contributed by atoms with Gasteiger partial charge in [0.1, 0.15) is 24.7 Å². The van der Waals surface area contributed by atoms with Crippen molar-refractivity contribution < 1.29 is 14.3 Å². The number of hydrogen-bond acceptors (Lipinski definition) is 7. The summed E-state index contributed by atoms with van der Waals surface area (Å²) in [7, 11) is 0. The molecule has 6 nitrogen and oxygen atoms in total. The van der Waals surface area contributed by atoms with Crippen LogP contribution in [0.1, 0.15) is 28.4 Å². The summed E-state index contributed by atoms with van der Waals surface area (Å²) in [6.45, 7) is 2.51. The Labute approximate surface area is 221 Å².